The van der Waals surface area contributed by atoms with E-state index < -0.39 is 9.84 Å². The Hall–Kier alpha value is -0.540. The van der Waals surface area contributed by atoms with E-state index in [1.165, 1.54) is 6.26 Å². The van der Waals surface area contributed by atoms with Crippen molar-refractivity contribution in [1.29, 1.82) is 0 Å². The standard InChI is InChI=1S/C17H28ClN3O2S.HI/c1-13(9-10-24(5,22)23)21-16(19-4)20-12-17(2,3)14-7-6-8-15(18)11-14;/h6-8,11,13H,9-10,12H2,1-5H3,(H2,19,20,21);1H. The fraction of sp³-hybridized carbons (Fsp3) is 0.588. The quantitative estimate of drug-likeness (QED) is 0.342. The molecule has 25 heavy (non-hydrogen) atoms. The van der Waals surface area contributed by atoms with Gasteiger partial charge in [-0.15, -0.1) is 24.0 Å². The maximum Gasteiger partial charge on any atom is 0.191 e. The van der Waals surface area contributed by atoms with Crippen molar-refractivity contribution >= 4 is 51.4 Å². The lowest BCUT2D eigenvalue weighted by Crippen LogP contribution is -2.46. The van der Waals surface area contributed by atoms with Gasteiger partial charge in [0, 0.05) is 36.3 Å². The number of nitrogens with one attached hydrogen (secondary N) is 2. The minimum atomic E-state index is -2.95. The average molecular weight is 502 g/mol. The number of hydrogen-bond donors (Lipinski definition) is 2. The molecule has 0 fully saturated rings. The lowest BCUT2D eigenvalue weighted by molar-refractivity contribution is 0.503. The van der Waals surface area contributed by atoms with E-state index in [-0.39, 0.29) is 41.2 Å². The lowest BCUT2D eigenvalue weighted by Gasteiger charge is -2.27. The summed E-state index contributed by atoms with van der Waals surface area (Å²) in [7, 11) is -1.25. The number of halogens is 2. The Kier molecular flexibility index (Phi) is 10.3. The van der Waals surface area contributed by atoms with Crippen LogP contribution in [0, 0.1) is 0 Å². The second-order valence-electron chi connectivity index (χ2n) is 6.78. The SMILES string of the molecule is CN=C(NCC(C)(C)c1cccc(Cl)c1)NC(C)CCS(C)(=O)=O.I. The number of nitrogens with zero attached hydrogens (tertiary/aromatic N) is 1. The van der Waals surface area contributed by atoms with Crippen LogP contribution in [0.3, 0.4) is 0 Å². The van der Waals surface area contributed by atoms with Gasteiger partial charge >= 0.3 is 0 Å². The first-order valence-corrected chi connectivity index (χ1v) is 10.4. The van der Waals surface area contributed by atoms with Gasteiger partial charge in [0.05, 0.1) is 5.75 Å². The van der Waals surface area contributed by atoms with Gasteiger partial charge in [0.1, 0.15) is 9.84 Å². The van der Waals surface area contributed by atoms with Gasteiger partial charge in [0.15, 0.2) is 5.96 Å². The second kappa shape index (κ2) is 10.6. The molecule has 0 aliphatic heterocycles. The molecule has 1 aromatic carbocycles. The van der Waals surface area contributed by atoms with Crippen molar-refractivity contribution in [2.45, 2.75) is 38.6 Å². The summed E-state index contributed by atoms with van der Waals surface area (Å²) in [6.07, 6.45) is 1.79. The number of sulfone groups is 1. The third-order valence-corrected chi connectivity index (χ3v) is 5.04. The fourth-order valence-electron chi connectivity index (χ4n) is 2.21. The molecule has 0 amide bonds. The molecular weight excluding hydrogens is 473 g/mol. The third kappa shape index (κ3) is 9.65. The zero-order valence-electron chi connectivity index (χ0n) is 15.5. The highest BCUT2D eigenvalue weighted by Gasteiger charge is 2.21. The highest BCUT2D eigenvalue weighted by atomic mass is 127. The van der Waals surface area contributed by atoms with Crippen molar-refractivity contribution in [3.05, 3.63) is 34.9 Å². The van der Waals surface area contributed by atoms with Gasteiger partial charge in [0.25, 0.3) is 0 Å². The van der Waals surface area contributed by atoms with E-state index in [2.05, 4.69) is 35.5 Å². The van der Waals surface area contributed by atoms with Gasteiger partial charge in [-0.05, 0) is 31.0 Å². The van der Waals surface area contributed by atoms with E-state index in [0.29, 0.717) is 18.9 Å². The molecule has 0 aliphatic carbocycles. The van der Waals surface area contributed by atoms with Crippen molar-refractivity contribution in [1.82, 2.24) is 10.6 Å². The Bertz CT molecular complexity index is 678. The van der Waals surface area contributed by atoms with Crippen LogP contribution in [0.25, 0.3) is 0 Å². The van der Waals surface area contributed by atoms with E-state index in [1.54, 1.807) is 7.05 Å². The van der Waals surface area contributed by atoms with E-state index in [1.807, 2.05) is 25.1 Å². The Morgan fingerprint density at radius 2 is 2.00 bits per heavy atom. The molecule has 1 atom stereocenters. The molecule has 144 valence electrons. The monoisotopic (exact) mass is 501 g/mol. The maximum absolute atomic E-state index is 11.2. The first-order valence-electron chi connectivity index (χ1n) is 7.94. The summed E-state index contributed by atoms with van der Waals surface area (Å²) in [6, 6.07) is 7.84. The van der Waals surface area contributed by atoms with Crippen LogP contribution in [0.2, 0.25) is 5.02 Å². The second-order valence-corrected chi connectivity index (χ2v) is 9.48. The van der Waals surface area contributed by atoms with Crippen LogP contribution in [0.4, 0.5) is 0 Å². The molecule has 5 nitrogen and oxygen atoms in total. The fourth-order valence-corrected chi connectivity index (χ4v) is 3.18. The van der Waals surface area contributed by atoms with E-state index in [4.69, 9.17) is 11.6 Å². The van der Waals surface area contributed by atoms with Crippen LogP contribution in [0.1, 0.15) is 32.8 Å². The Morgan fingerprint density at radius 3 is 2.52 bits per heavy atom. The summed E-state index contributed by atoms with van der Waals surface area (Å²) in [5.41, 5.74) is 1.02. The zero-order valence-corrected chi connectivity index (χ0v) is 19.4. The predicted octanol–water partition coefficient (Wildman–Crippen LogP) is 3.22. The van der Waals surface area contributed by atoms with E-state index >= 15 is 0 Å². The molecule has 0 aromatic heterocycles. The van der Waals surface area contributed by atoms with Crippen molar-refractivity contribution in [3.8, 4) is 0 Å². The summed E-state index contributed by atoms with van der Waals surface area (Å²) >= 11 is 6.08. The minimum Gasteiger partial charge on any atom is -0.356 e. The molecule has 0 saturated heterocycles. The van der Waals surface area contributed by atoms with Gasteiger partial charge in [-0.2, -0.15) is 0 Å². The van der Waals surface area contributed by atoms with Gasteiger partial charge in [-0.1, -0.05) is 37.6 Å². The predicted molar refractivity (Wildman–Crippen MR) is 118 cm³/mol. The zero-order chi connectivity index (χ0) is 18.4. The van der Waals surface area contributed by atoms with Crippen LogP contribution in [-0.2, 0) is 15.3 Å². The number of aliphatic imine (C=N–C) groups is 1. The minimum absolute atomic E-state index is 0. The summed E-state index contributed by atoms with van der Waals surface area (Å²) in [6.45, 7) is 6.88. The van der Waals surface area contributed by atoms with Crippen LogP contribution < -0.4 is 10.6 Å². The van der Waals surface area contributed by atoms with Crippen LogP contribution >= 0.6 is 35.6 Å². The summed E-state index contributed by atoms with van der Waals surface area (Å²) in [4.78, 5) is 4.21. The van der Waals surface area contributed by atoms with Crippen molar-refractivity contribution in [3.63, 3.8) is 0 Å². The van der Waals surface area contributed by atoms with E-state index in [9.17, 15) is 8.42 Å². The number of rotatable bonds is 7. The number of benzene rings is 1. The molecule has 1 rings (SSSR count). The highest BCUT2D eigenvalue weighted by molar-refractivity contribution is 14.0. The topological polar surface area (TPSA) is 70.6 Å². The molecule has 1 unspecified atom stereocenters. The average Bonchev–Trinajstić information content (AvgIpc) is 2.48. The molecule has 2 N–H and O–H groups in total. The molecule has 0 radical (unpaired) electrons. The lowest BCUT2D eigenvalue weighted by atomic mass is 9.84. The molecule has 0 heterocycles. The van der Waals surface area contributed by atoms with E-state index in [0.717, 1.165) is 10.6 Å². The largest absolute Gasteiger partial charge is 0.356 e. The maximum atomic E-state index is 11.2. The van der Waals surface area contributed by atoms with Gasteiger partial charge in [0.2, 0.25) is 0 Å². The Balaban J connectivity index is 0.00000576. The molecule has 0 aliphatic rings. The molecule has 1 aromatic rings. The molecule has 0 bridgehead atoms. The van der Waals surface area contributed by atoms with Crippen LogP contribution in [0.5, 0.6) is 0 Å². The molecular formula is C17H29ClIN3O2S. The smallest absolute Gasteiger partial charge is 0.191 e. The van der Waals surface area contributed by atoms with Gasteiger partial charge in [-0.3, -0.25) is 4.99 Å². The first-order chi connectivity index (χ1) is 11.0. The van der Waals surface area contributed by atoms with Crippen LogP contribution in [0.15, 0.2) is 29.3 Å². The number of guanidine groups is 1. The summed E-state index contributed by atoms with van der Waals surface area (Å²) in [5.74, 6) is 0.817. The van der Waals surface area contributed by atoms with Crippen LogP contribution in [-0.4, -0.2) is 46.0 Å². The normalized spacial score (nSPS) is 13.8. The number of hydrogen-bond acceptors (Lipinski definition) is 3. The Labute approximate surface area is 174 Å². The van der Waals surface area contributed by atoms with Gasteiger partial charge in [-0.25, -0.2) is 8.42 Å². The van der Waals surface area contributed by atoms with Gasteiger partial charge < -0.3 is 10.6 Å². The summed E-state index contributed by atoms with van der Waals surface area (Å²) in [5, 5.41) is 7.24. The Morgan fingerprint density at radius 1 is 1.36 bits per heavy atom. The highest BCUT2D eigenvalue weighted by Crippen LogP contribution is 2.24. The van der Waals surface area contributed by atoms with Crippen molar-refractivity contribution in [2.75, 3.05) is 25.6 Å². The molecule has 8 heteroatoms. The third-order valence-electron chi connectivity index (χ3n) is 3.83. The summed E-state index contributed by atoms with van der Waals surface area (Å²) < 4.78 is 22.5. The van der Waals surface area contributed by atoms with Crippen molar-refractivity contribution < 1.29 is 8.42 Å². The molecule has 0 spiro atoms. The van der Waals surface area contributed by atoms with Crippen molar-refractivity contribution in [2.24, 2.45) is 4.99 Å². The first kappa shape index (κ1) is 24.5. The molecule has 0 saturated carbocycles.